The van der Waals surface area contributed by atoms with Gasteiger partial charge in [0.25, 0.3) is 0 Å². The van der Waals surface area contributed by atoms with Crippen molar-refractivity contribution in [2.24, 2.45) is 4.99 Å². The first kappa shape index (κ1) is 20.4. The Morgan fingerprint density at radius 1 is 1.06 bits per heavy atom. The number of hydrogen-bond acceptors (Lipinski definition) is 5. The molecule has 0 atom stereocenters. The number of hydrogen-bond donors (Lipinski definition) is 1. The highest BCUT2D eigenvalue weighted by Gasteiger charge is 2.16. The number of fused-ring (bicyclic) bond motifs is 1. The number of methoxy groups -OCH3 is 1. The molecule has 2 aromatic carbocycles. The molecule has 5 aromatic rings. The number of ether oxygens (including phenoxy) is 1. The Morgan fingerprint density at radius 3 is 2.76 bits per heavy atom. The minimum Gasteiger partial charge on any atom is -0.504 e. The van der Waals surface area contributed by atoms with Gasteiger partial charge in [-0.2, -0.15) is 0 Å². The van der Waals surface area contributed by atoms with Crippen molar-refractivity contribution in [3.05, 3.63) is 90.3 Å². The molecule has 164 valence electrons. The highest BCUT2D eigenvalue weighted by atomic mass is 19.1. The monoisotopic (exact) mass is 445 g/mol. The molecule has 0 aliphatic heterocycles. The van der Waals surface area contributed by atoms with E-state index in [1.54, 1.807) is 24.3 Å². The first-order valence-electron chi connectivity index (χ1n) is 9.97. The van der Waals surface area contributed by atoms with Crippen LogP contribution < -0.4 is 4.74 Å². The maximum Gasteiger partial charge on any atom is 0.165 e. The number of furan rings is 1. The Kier molecular flexibility index (Phi) is 5.10. The average Bonchev–Trinajstić information content (AvgIpc) is 3.42. The van der Waals surface area contributed by atoms with Crippen molar-refractivity contribution in [3.8, 4) is 34.1 Å². The molecule has 0 radical (unpaired) electrons. The van der Waals surface area contributed by atoms with E-state index in [4.69, 9.17) is 9.15 Å². The normalized spacial score (nSPS) is 11.5. The molecule has 8 heteroatoms. The molecule has 0 saturated heterocycles. The molecule has 0 bridgehead atoms. The van der Waals surface area contributed by atoms with Crippen molar-refractivity contribution >= 4 is 17.7 Å². The predicted molar refractivity (Wildman–Crippen MR) is 120 cm³/mol. The van der Waals surface area contributed by atoms with Crippen molar-refractivity contribution in [3.63, 3.8) is 0 Å². The quantitative estimate of drug-likeness (QED) is 0.337. The molecule has 0 aliphatic rings. The first-order valence-corrected chi connectivity index (χ1v) is 9.97. The number of pyridine rings is 1. The van der Waals surface area contributed by atoms with E-state index < -0.39 is 11.6 Å². The van der Waals surface area contributed by atoms with Gasteiger partial charge >= 0.3 is 0 Å². The molecule has 0 saturated carbocycles. The van der Waals surface area contributed by atoms with E-state index >= 15 is 0 Å². The second-order valence-corrected chi connectivity index (χ2v) is 7.18. The summed E-state index contributed by atoms with van der Waals surface area (Å²) in [6.07, 6.45) is 3.33. The molecule has 0 spiro atoms. The summed E-state index contributed by atoms with van der Waals surface area (Å²) >= 11 is 0. The molecule has 1 N–H and O–H groups in total. The van der Waals surface area contributed by atoms with Crippen LogP contribution in [0.2, 0.25) is 0 Å². The molecule has 3 heterocycles. The van der Waals surface area contributed by atoms with Gasteiger partial charge in [0.2, 0.25) is 0 Å². The summed E-state index contributed by atoms with van der Waals surface area (Å²) in [6.45, 7) is 0. The second kappa shape index (κ2) is 8.23. The lowest BCUT2D eigenvalue weighted by Crippen LogP contribution is -1.87. The first-order chi connectivity index (χ1) is 16.0. The van der Waals surface area contributed by atoms with Crippen molar-refractivity contribution in [1.82, 2.24) is 9.38 Å². The number of rotatable bonds is 5. The fraction of sp³-hybridized carbons (Fsp3) is 0.0400. The van der Waals surface area contributed by atoms with Crippen LogP contribution in [0.4, 0.5) is 14.6 Å². The number of nitrogens with zero attached hydrogens (tertiary/aromatic N) is 3. The van der Waals surface area contributed by atoms with Gasteiger partial charge in [-0.1, -0.05) is 6.07 Å². The van der Waals surface area contributed by atoms with Crippen molar-refractivity contribution in [2.45, 2.75) is 0 Å². The fourth-order valence-corrected chi connectivity index (χ4v) is 3.51. The number of halogens is 2. The molecule has 5 rings (SSSR count). The second-order valence-electron chi connectivity index (χ2n) is 7.18. The summed E-state index contributed by atoms with van der Waals surface area (Å²) in [5.74, 6) is 0.144. The highest BCUT2D eigenvalue weighted by molar-refractivity contribution is 5.84. The van der Waals surface area contributed by atoms with Gasteiger partial charge in [0.1, 0.15) is 34.5 Å². The zero-order valence-corrected chi connectivity index (χ0v) is 17.4. The van der Waals surface area contributed by atoms with Gasteiger partial charge in [-0.25, -0.2) is 18.8 Å². The van der Waals surface area contributed by atoms with Crippen LogP contribution in [0.25, 0.3) is 28.2 Å². The fourth-order valence-electron chi connectivity index (χ4n) is 3.51. The number of phenols is 1. The van der Waals surface area contributed by atoms with Gasteiger partial charge in [0, 0.05) is 17.8 Å². The molecule has 0 aliphatic carbocycles. The van der Waals surface area contributed by atoms with E-state index in [9.17, 15) is 13.9 Å². The minimum absolute atomic E-state index is 0.0196. The summed E-state index contributed by atoms with van der Waals surface area (Å²) in [4.78, 5) is 9.26. The lowest BCUT2D eigenvalue weighted by atomic mass is 10.1. The zero-order chi connectivity index (χ0) is 22.9. The van der Waals surface area contributed by atoms with Gasteiger partial charge < -0.3 is 14.3 Å². The molecule has 0 unspecified atom stereocenters. The molecule has 0 fully saturated rings. The van der Waals surface area contributed by atoms with Crippen molar-refractivity contribution in [2.75, 3.05) is 7.11 Å². The Bertz CT molecular complexity index is 1500. The SMILES string of the molecule is COc1cc(-c2nc3ccccn3c2/N=C/c2ccc(-c3ccc(F)cc3F)o2)ccc1O. The van der Waals surface area contributed by atoms with Gasteiger partial charge in [0.05, 0.1) is 18.9 Å². The van der Waals surface area contributed by atoms with Gasteiger partial charge in [-0.15, -0.1) is 0 Å². The number of benzene rings is 2. The van der Waals surface area contributed by atoms with Crippen molar-refractivity contribution in [1.29, 1.82) is 0 Å². The molecular weight excluding hydrogens is 428 g/mol. The summed E-state index contributed by atoms with van der Waals surface area (Å²) in [6, 6.07) is 17.1. The standard InChI is InChI=1S/C25H17F2N3O3/c1-32-22-12-15(5-9-20(22)31)24-25(30-11-3-2-4-23(30)29-24)28-14-17-7-10-21(33-17)18-8-6-16(26)13-19(18)27/h2-14,31H,1H3/b28-14+. The zero-order valence-electron chi connectivity index (χ0n) is 17.4. The Morgan fingerprint density at radius 2 is 1.94 bits per heavy atom. The van der Waals surface area contributed by atoms with Gasteiger partial charge in [0.15, 0.2) is 17.3 Å². The summed E-state index contributed by atoms with van der Waals surface area (Å²) in [5.41, 5.74) is 2.11. The third-order valence-electron chi connectivity index (χ3n) is 5.10. The molecule has 3 aromatic heterocycles. The molecule has 6 nitrogen and oxygen atoms in total. The van der Waals surface area contributed by atoms with E-state index in [1.165, 1.54) is 31.5 Å². The van der Waals surface area contributed by atoms with Crippen LogP contribution in [0, 0.1) is 11.6 Å². The molecular formula is C25H17F2N3O3. The highest BCUT2D eigenvalue weighted by Crippen LogP contribution is 2.36. The Hall–Kier alpha value is -4.46. The minimum atomic E-state index is -0.710. The Labute approximate surface area is 187 Å². The molecule has 0 amide bonds. The van der Waals surface area contributed by atoms with Crippen molar-refractivity contribution < 1.29 is 23.0 Å². The largest absolute Gasteiger partial charge is 0.504 e. The maximum absolute atomic E-state index is 14.1. The smallest absolute Gasteiger partial charge is 0.165 e. The average molecular weight is 445 g/mol. The summed E-state index contributed by atoms with van der Waals surface area (Å²) < 4.78 is 40.0. The van der Waals surface area contributed by atoms with E-state index in [-0.39, 0.29) is 17.1 Å². The number of aromatic nitrogens is 2. The topological polar surface area (TPSA) is 72.3 Å². The van der Waals surface area contributed by atoms with Gasteiger partial charge in [-0.3, -0.25) is 4.40 Å². The van der Waals surface area contributed by atoms with Crippen LogP contribution >= 0.6 is 0 Å². The van der Waals surface area contributed by atoms with Gasteiger partial charge in [-0.05, 0) is 54.6 Å². The molecule has 33 heavy (non-hydrogen) atoms. The summed E-state index contributed by atoms with van der Waals surface area (Å²) in [5, 5.41) is 9.93. The van der Waals surface area contributed by atoms with Crippen LogP contribution in [0.15, 0.2) is 82.3 Å². The van der Waals surface area contributed by atoms with Crippen LogP contribution in [0.5, 0.6) is 11.5 Å². The summed E-state index contributed by atoms with van der Waals surface area (Å²) in [7, 11) is 1.47. The van der Waals surface area contributed by atoms with Crippen LogP contribution in [0.3, 0.4) is 0 Å². The lowest BCUT2D eigenvalue weighted by molar-refractivity contribution is 0.373. The van der Waals surface area contributed by atoms with Crippen LogP contribution in [-0.4, -0.2) is 27.8 Å². The van der Waals surface area contributed by atoms with E-state index in [0.29, 0.717) is 34.2 Å². The maximum atomic E-state index is 14.1. The van der Waals surface area contributed by atoms with Crippen LogP contribution in [0.1, 0.15) is 5.76 Å². The van der Waals surface area contributed by atoms with E-state index in [0.717, 1.165) is 6.07 Å². The van der Waals surface area contributed by atoms with Crippen LogP contribution in [-0.2, 0) is 0 Å². The lowest BCUT2D eigenvalue weighted by Gasteiger charge is -2.05. The van der Waals surface area contributed by atoms with E-state index in [2.05, 4.69) is 9.98 Å². The number of phenolic OH excluding ortho intramolecular Hbond substituents is 1. The third-order valence-corrected chi connectivity index (χ3v) is 5.10. The van der Waals surface area contributed by atoms with E-state index in [1.807, 2.05) is 28.8 Å². The number of imidazole rings is 1. The Balaban J connectivity index is 1.56. The predicted octanol–water partition coefficient (Wildman–Crippen LogP) is 6.00. The number of aromatic hydroxyl groups is 1. The third kappa shape index (κ3) is 3.82. The number of aliphatic imine (C=N–C) groups is 1.